The first-order chi connectivity index (χ1) is 8.34. The lowest BCUT2D eigenvalue weighted by molar-refractivity contribution is -0.186. The Hall–Kier alpha value is -1.52. The lowest BCUT2D eigenvalue weighted by Gasteiger charge is -2.23. The number of alkyl halides is 3. The van der Waals surface area contributed by atoms with Crippen molar-refractivity contribution in [3.63, 3.8) is 0 Å². The minimum atomic E-state index is -4.81. The summed E-state index contributed by atoms with van der Waals surface area (Å²) in [6.07, 6.45) is -4.31. The minimum Gasteiger partial charge on any atom is -0.331 e. The van der Waals surface area contributed by atoms with E-state index in [9.17, 15) is 18.0 Å². The third-order valence-electron chi connectivity index (χ3n) is 2.52. The summed E-state index contributed by atoms with van der Waals surface area (Å²) in [6, 6.07) is 7.11. The van der Waals surface area contributed by atoms with Crippen LogP contribution in [0.1, 0.15) is 24.5 Å². The van der Waals surface area contributed by atoms with E-state index in [1.54, 1.807) is 19.1 Å². The first-order valence-electron chi connectivity index (χ1n) is 5.76. The number of hydrogen-bond donors (Lipinski definition) is 0. The third kappa shape index (κ3) is 4.05. The standard InChI is InChI=1S/C13H16F3NO/c1-3-8-17(12(18)13(14,15)16)9-11-6-4-10(2)5-7-11/h4-7H,3,8-9H2,1-2H3. The highest BCUT2D eigenvalue weighted by Crippen LogP contribution is 2.20. The van der Waals surface area contributed by atoms with Gasteiger partial charge in [0, 0.05) is 13.1 Å². The van der Waals surface area contributed by atoms with Gasteiger partial charge in [0.05, 0.1) is 0 Å². The van der Waals surface area contributed by atoms with Gasteiger partial charge in [-0.15, -0.1) is 0 Å². The second-order valence-electron chi connectivity index (χ2n) is 4.21. The van der Waals surface area contributed by atoms with Crippen molar-refractivity contribution >= 4 is 5.91 Å². The minimum absolute atomic E-state index is 0.00748. The Bertz CT molecular complexity index is 398. The summed E-state index contributed by atoms with van der Waals surface area (Å²) in [5.74, 6) is -1.77. The average molecular weight is 259 g/mol. The molecule has 0 aliphatic carbocycles. The number of nitrogens with zero attached hydrogens (tertiary/aromatic N) is 1. The summed E-state index contributed by atoms with van der Waals surface area (Å²) < 4.78 is 37.2. The fraction of sp³-hybridized carbons (Fsp3) is 0.462. The Morgan fingerprint density at radius 1 is 1.22 bits per heavy atom. The van der Waals surface area contributed by atoms with Crippen LogP contribution in [0, 0.1) is 6.92 Å². The molecule has 1 aromatic rings. The molecule has 0 aliphatic heterocycles. The van der Waals surface area contributed by atoms with E-state index in [0.717, 1.165) is 10.5 Å². The molecule has 0 fully saturated rings. The third-order valence-corrected chi connectivity index (χ3v) is 2.52. The van der Waals surface area contributed by atoms with Crippen LogP contribution in [0.25, 0.3) is 0 Å². The molecule has 0 unspecified atom stereocenters. The summed E-state index contributed by atoms with van der Waals surface area (Å²) >= 11 is 0. The molecular formula is C13H16F3NO. The van der Waals surface area contributed by atoms with Gasteiger partial charge < -0.3 is 4.90 Å². The van der Waals surface area contributed by atoms with Crippen molar-refractivity contribution in [1.29, 1.82) is 0 Å². The van der Waals surface area contributed by atoms with Crippen LogP contribution < -0.4 is 0 Å². The first kappa shape index (κ1) is 14.5. The molecule has 0 atom stereocenters. The molecule has 1 aromatic carbocycles. The zero-order valence-electron chi connectivity index (χ0n) is 10.4. The van der Waals surface area contributed by atoms with E-state index in [-0.39, 0.29) is 13.1 Å². The van der Waals surface area contributed by atoms with Gasteiger partial charge in [0.25, 0.3) is 0 Å². The van der Waals surface area contributed by atoms with Gasteiger partial charge >= 0.3 is 12.1 Å². The number of aryl methyl sites for hydroxylation is 1. The zero-order chi connectivity index (χ0) is 13.8. The smallest absolute Gasteiger partial charge is 0.331 e. The fourth-order valence-corrected chi connectivity index (χ4v) is 1.62. The lowest BCUT2D eigenvalue weighted by Crippen LogP contribution is -2.41. The molecule has 0 saturated carbocycles. The Kier molecular flexibility index (Phi) is 4.76. The molecule has 2 nitrogen and oxygen atoms in total. The number of carbonyl (C=O) groups is 1. The van der Waals surface area contributed by atoms with Crippen molar-refractivity contribution in [3.8, 4) is 0 Å². The maximum Gasteiger partial charge on any atom is 0.471 e. The van der Waals surface area contributed by atoms with E-state index in [0.29, 0.717) is 12.0 Å². The molecule has 0 bridgehead atoms. The predicted octanol–water partition coefficient (Wildman–Crippen LogP) is 3.30. The summed E-state index contributed by atoms with van der Waals surface area (Å²) in [5, 5.41) is 0. The largest absolute Gasteiger partial charge is 0.471 e. The summed E-state index contributed by atoms with van der Waals surface area (Å²) in [5.41, 5.74) is 1.73. The van der Waals surface area contributed by atoms with Crippen LogP contribution in [0.5, 0.6) is 0 Å². The average Bonchev–Trinajstić information content (AvgIpc) is 2.29. The van der Waals surface area contributed by atoms with Crippen LogP contribution in [-0.4, -0.2) is 23.5 Å². The van der Waals surface area contributed by atoms with E-state index in [1.807, 2.05) is 19.1 Å². The van der Waals surface area contributed by atoms with E-state index in [2.05, 4.69) is 0 Å². The molecule has 0 N–H and O–H groups in total. The normalized spacial score (nSPS) is 11.4. The Morgan fingerprint density at radius 3 is 2.22 bits per heavy atom. The van der Waals surface area contributed by atoms with Gasteiger partial charge in [0.1, 0.15) is 0 Å². The number of hydrogen-bond acceptors (Lipinski definition) is 1. The van der Waals surface area contributed by atoms with Crippen molar-refractivity contribution < 1.29 is 18.0 Å². The molecule has 100 valence electrons. The van der Waals surface area contributed by atoms with Crippen molar-refractivity contribution in [2.45, 2.75) is 33.0 Å². The molecule has 0 aromatic heterocycles. The van der Waals surface area contributed by atoms with Crippen LogP contribution in [0.3, 0.4) is 0 Å². The van der Waals surface area contributed by atoms with Gasteiger partial charge in [-0.1, -0.05) is 36.8 Å². The molecular weight excluding hydrogens is 243 g/mol. The number of halogens is 3. The number of amides is 1. The molecule has 0 heterocycles. The van der Waals surface area contributed by atoms with Crippen LogP contribution in [0.4, 0.5) is 13.2 Å². The number of rotatable bonds is 4. The lowest BCUT2D eigenvalue weighted by atomic mass is 10.1. The highest BCUT2D eigenvalue weighted by atomic mass is 19.4. The molecule has 0 radical (unpaired) electrons. The van der Waals surface area contributed by atoms with Crippen LogP contribution in [0.2, 0.25) is 0 Å². The SMILES string of the molecule is CCCN(Cc1ccc(C)cc1)C(=O)C(F)(F)F. The van der Waals surface area contributed by atoms with Gasteiger partial charge in [-0.2, -0.15) is 13.2 Å². The van der Waals surface area contributed by atoms with E-state index >= 15 is 0 Å². The quantitative estimate of drug-likeness (QED) is 0.812. The van der Waals surface area contributed by atoms with Gasteiger partial charge in [-0.3, -0.25) is 4.79 Å². The number of carbonyl (C=O) groups excluding carboxylic acids is 1. The van der Waals surface area contributed by atoms with Crippen molar-refractivity contribution in [1.82, 2.24) is 4.90 Å². The molecule has 1 amide bonds. The highest BCUT2D eigenvalue weighted by Gasteiger charge is 2.42. The summed E-state index contributed by atoms with van der Waals surface area (Å²) in [4.78, 5) is 12.1. The first-order valence-corrected chi connectivity index (χ1v) is 5.76. The van der Waals surface area contributed by atoms with Crippen molar-refractivity contribution in [3.05, 3.63) is 35.4 Å². The molecule has 1 rings (SSSR count). The van der Waals surface area contributed by atoms with Gasteiger partial charge in [-0.05, 0) is 18.9 Å². The predicted molar refractivity (Wildman–Crippen MR) is 62.9 cm³/mol. The maximum atomic E-state index is 12.4. The molecule has 5 heteroatoms. The van der Waals surface area contributed by atoms with Crippen LogP contribution in [-0.2, 0) is 11.3 Å². The number of benzene rings is 1. The topological polar surface area (TPSA) is 20.3 Å². The summed E-state index contributed by atoms with van der Waals surface area (Å²) in [6.45, 7) is 3.74. The van der Waals surface area contributed by atoms with Crippen molar-refractivity contribution in [2.24, 2.45) is 0 Å². The summed E-state index contributed by atoms with van der Waals surface area (Å²) in [7, 11) is 0. The van der Waals surface area contributed by atoms with Gasteiger partial charge in [0.15, 0.2) is 0 Å². The van der Waals surface area contributed by atoms with Gasteiger partial charge in [0.2, 0.25) is 0 Å². The molecule has 0 saturated heterocycles. The van der Waals surface area contributed by atoms with E-state index in [4.69, 9.17) is 0 Å². The second kappa shape index (κ2) is 5.89. The van der Waals surface area contributed by atoms with Gasteiger partial charge in [-0.25, -0.2) is 0 Å². The Balaban J connectivity index is 2.80. The zero-order valence-corrected chi connectivity index (χ0v) is 10.4. The Labute approximate surface area is 104 Å². The van der Waals surface area contributed by atoms with E-state index < -0.39 is 12.1 Å². The Morgan fingerprint density at radius 2 is 1.78 bits per heavy atom. The fourth-order valence-electron chi connectivity index (χ4n) is 1.62. The molecule has 0 aliphatic rings. The van der Waals surface area contributed by atoms with E-state index in [1.165, 1.54) is 0 Å². The van der Waals surface area contributed by atoms with Crippen molar-refractivity contribution in [2.75, 3.05) is 6.54 Å². The van der Waals surface area contributed by atoms with Crippen LogP contribution in [0.15, 0.2) is 24.3 Å². The highest BCUT2D eigenvalue weighted by molar-refractivity contribution is 5.81. The monoisotopic (exact) mass is 259 g/mol. The maximum absolute atomic E-state index is 12.4. The van der Waals surface area contributed by atoms with Crippen LogP contribution >= 0.6 is 0 Å². The molecule has 0 spiro atoms. The molecule has 18 heavy (non-hydrogen) atoms. The second-order valence-corrected chi connectivity index (χ2v) is 4.21.